The second-order valence-corrected chi connectivity index (χ2v) is 4.69. The number of benzene rings is 2. The van der Waals surface area contributed by atoms with Crippen LogP contribution >= 0.6 is 12.4 Å². The number of nitrogens with two attached hydrogens (primary N) is 1. The topological polar surface area (TPSA) is 44.5 Å². The average Bonchev–Trinajstić information content (AvgIpc) is 2.45. The summed E-state index contributed by atoms with van der Waals surface area (Å²) in [7, 11) is 0. The SMILES string of the molecule is Cc1cc(-c2ccc(OC(F)(F)F)cc2)ccc1OCCN.Cl. The van der Waals surface area contributed by atoms with E-state index in [1.54, 1.807) is 12.1 Å². The van der Waals surface area contributed by atoms with Crippen LogP contribution in [-0.4, -0.2) is 19.5 Å². The standard InChI is InChI=1S/C16H16F3NO2.ClH/c1-11-10-13(4-7-15(11)21-9-8-20)12-2-5-14(6-3-12)22-16(17,18)19;/h2-7,10H,8-9,20H2,1H3;1H. The van der Waals surface area contributed by atoms with Crippen molar-refractivity contribution in [3.63, 3.8) is 0 Å². The van der Waals surface area contributed by atoms with Crippen molar-refractivity contribution in [2.75, 3.05) is 13.2 Å². The van der Waals surface area contributed by atoms with Crippen molar-refractivity contribution in [2.24, 2.45) is 5.73 Å². The molecule has 2 N–H and O–H groups in total. The molecule has 0 aliphatic heterocycles. The number of hydrogen-bond acceptors (Lipinski definition) is 3. The lowest BCUT2D eigenvalue weighted by Gasteiger charge is -2.11. The van der Waals surface area contributed by atoms with Crippen LogP contribution in [-0.2, 0) is 0 Å². The van der Waals surface area contributed by atoms with Crippen LogP contribution in [0.25, 0.3) is 11.1 Å². The molecule has 0 atom stereocenters. The molecular formula is C16H17ClF3NO2. The number of aryl methyl sites for hydroxylation is 1. The Morgan fingerprint density at radius 1 is 1.00 bits per heavy atom. The van der Waals surface area contributed by atoms with Crippen molar-refractivity contribution >= 4 is 12.4 Å². The summed E-state index contributed by atoms with van der Waals surface area (Å²) < 4.78 is 45.7. The minimum Gasteiger partial charge on any atom is -0.492 e. The molecule has 0 aliphatic carbocycles. The first-order valence-electron chi connectivity index (χ1n) is 6.69. The average molecular weight is 348 g/mol. The highest BCUT2D eigenvalue weighted by molar-refractivity contribution is 5.85. The maximum Gasteiger partial charge on any atom is 0.573 e. The summed E-state index contributed by atoms with van der Waals surface area (Å²) in [4.78, 5) is 0. The van der Waals surface area contributed by atoms with Crippen molar-refractivity contribution in [1.82, 2.24) is 0 Å². The third kappa shape index (κ3) is 5.65. The summed E-state index contributed by atoms with van der Waals surface area (Å²) in [6.07, 6.45) is -4.68. The van der Waals surface area contributed by atoms with Gasteiger partial charge in [-0.25, -0.2) is 0 Å². The molecule has 0 unspecified atom stereocenters. The molecule has 0 saturated heterocycles. The van der Waals surface area contributed by atoms with E-state index in [4.69, 9.17) is 10.5 Å². The third-order valence-corrected chi connectivity index (χ3v) is 2.97. The van der Waals surface area contributed by atoms with Crippen LogP contribution in [0.2, 0.25) is 0 Å². The zero-order chi connectivity index (χ0) is 16.2. The van der Waals surface area contributed by atoms with Crippen molar-refractivity contribution in [2.45, 2.75) is 13.3 Å². The van der Waals surface area contributed by atoms with Gasteiger partial charge in [-0.3, -0.25) is 0 Å². The maximum atomic E-state index is 12.1. The fourth-order valence-electron chi connectivity index (χ4n) is 2.01. The van der Waals surface area contributed by atoms with Gasteiger partial charge in [-0.05, 0) is 47.9 Å². The van der Waals surface area contributed by atoms with Gasteiger partial charge in [0.15, 0.2) is 0 Å². The monoisotopic (exact) mass is 347 g/mol. The smallest absolute Gasteiger partial charge is 0.492 e. The van der Waals surface area contributed by atoms with Crippen molar-refractivity contribution in [3.05, 3.63) is 48.0 Å². The third-order valence-electron chi connectivity index (χ3n) is 2.97. The molecule has 0 bridgehead atoms. The predicted molar refractivity (Wildman–Crippen MR) is 85.1 cm³/mol. The molecular weight excluding hydrogens is 331 g/mol. The van der Waals surface area contributed by atoms with Crippen LogP contribution in [0.5, 0.6) is 11.5 Å². The molecule has 0 saturated carbocycles. The number of hydrogen-bond donors (Lipinski definition) is 1. The first kappa shape index (κ1) is 19.1. The number of rotatable bonds is 5. The molecule has 7 heteroatoms. The Kier molecular flexibility index (Phi) is 6.72. The van der Waals surface area contributed by atoms with E-state index in [-0.39, 0.29) is 18.2 Å². The van der Waals surface area contributed by atoms with Crippen molar-refractivity contribution in [1.29, 1.82) is 0 Å². The second kappa shape index (κ2) is 8.08. The summed E-state index contributed by atoms with van der Waals surface area (Å²) in [6.45, 7) is 2.77. The second-order valence-electron chi connectivity index (χ2n) is 4.69. The van der Waals surface area contributed by atoms with Crippen LogP contribution < -0.4 is 15.2 Å². The minimum absolute atomic E-state index is 0. The molecule has 2 aromatic rings. The first-order chi connectivity index (χ1) is 10.4. The molecule has 0 aliphatic rings. The van der Waals surface area contributed by atoms with Gasteiger partial charge in [0.05, 0.1) is 0 Å². The fourth-order valence-corrected chi connectivity index (χ4v) is 2.01. The summed E-state index contributed by atoms with van der Waals surface area (Å²) in [6, 6.07) is 11.3. The van der Waals surface area contributed by atoms with Gasteiger partial charge in [0.1, 0.15) is 18.1 Å². The van der Waals surface area contributed by atoms with Gasteiger partial charge in [0.25, 0.3) is 0 Å². The van der Waals surface area contributed by atoms with E-state index in [9.17, 15) is 13.2 Å². The Bertz CT molecular complexity index is 630. The molecule has 0 heterocycles. The molecule has 0 amide bonds. The van der Waals surface area contributed by atoms with E-state index in [0.717, 1.165) is 22.4 Å². The van der Waals surface area contributed by atoms with E-state index in [2.05, 4.69) is 4.74 Å². The Balaban J connectivity index is 0.00000264. The molecule has 0 radical (unpaired) electrons. The molecule has 126 valence electrons. The largest absolute Gasteiger partial charge is 0.573 e. The van der Waals surface area contributed by atoms with Crippen LogP contribution in [0, 0.1) is 6.92 Å². The molecule has 23 heavy (non-hydrogen) atoms. The van der Waals surface area contributed by atoms with Gasteiger partial charge in [0, 0.05) is 6.54 Å². The quantitative estimate of drug-likeness (QED) is 0.876. The van der Waals surface area contributed by atoms with Gasteiger partial charge >= 0.3 is 6.36 Å². The van der Waals surface area contributed by atoms with Gasteiger partial charge in [0.2, 0.25) is 0 Å². The van der Waals surface area contributed by atoms with E-state index in [1.807, 2.05) is 25.1 Å². The zero-order valence-corrected chi connectivity index (χ0v) is 13.2. The summed E-state index contributed by atoms with van der Waals surface area (Å²) in [5.41, 5.74) is 8.00. The molecule has 0 aromatic heterocycles. The highest BCUT2D eigenvalue weighted by atomic mass is 35.5. The number of ether oxygens (including phenoxy) is 2. The highest BCUT2D eigenvalue weighted by Crippen LogP contribution is 2.29. The lowest BCUT2D eigenvalue weighted by atomic mass is 10.0. The predicted octanol–water partition coefficient (Wildman–Crippen LogP) is 4.32. The van der Waals surface area contributed by atoms with E-state index < -0.39 is 6.36 Å². The zero-order valence-electron chi connectivity index (χ0n) is 12.4. The number of alkyl halides is 3. The van der Waals surface area contributed by atoms with Gasteiger partial charge in [-0.1, -0.05) is 18.2 Å². The molecule has 3 nitrogen and oxygen atoms in total. The summed E-state index contributed by atoms with van der Waals surface area (Å²) in [5.74, 6) is 0.502. The van der Waals surface area contributed by atoms with Crippen LogP contribution in [0.4, 0.5) is 13.2 Å². The van der Waals surface area contributed by atoms with Crippen LogP contribution in [0.15, 0.2) is 42.5 Å². The van der Waals surface area contributed by atoms with Gasteiger partial charge < -0.3 is 15.2 Å². The lowest BCUT2D eigenvalue weighted by molar-refractivity contribution is -0.274. The molecule has 0 fully saturated rings. The Labute approximate surface area is 138 Å². The highest BCUT2D eigenvalue weighted by Gasteiger charge is 2.30. The van der Waals surface area contributed by atoms with Gasteiger partial charge in [-0.15, -0.1) is 25.6 Å². The Hall–Kier alpha value is -1.92. The van der Waals surface area contributed by atoms with E-state index >= 15 is 0 Å². The van der Waals surface area contributed by atoms with Crippen LogP contribution in [0.3, 0.4) is 0 Å². The molecule has 0 spiro atoms. The number of halogens is 4. The molecule has 2 aromatic carbocycles. The van der Waals surface area contributed by atoms with Crippen molar-refractivity contribution in [3.8, 4) is 22.6 Å². The minimum atomic E-state index is -4.68. The Morgan fingerprint density at radius 3 is 2.13 bits per heavy atom. The van der Waals surface area contributed by atoms with Crippen molar-refractivity contribution < 1.29 is 22.6 Å². The fraction of sp³-hybridized carbons (Fsp3) is 0.250. The van der Waals surface area contributed by atoms with E-state index in [0.29, 0.717) is 13.2 Å². The normalized spacial score (nSPS) is 10.8. The summed E-state index contributed by atoms with van der Waals surface area (Å²) in [5, 5.41) is 0. The lowest BCUT2D eigenvalue weighted by Crippen LogP contribution is -2.16. The first-order valence-corrected chi connectivity index (χ1v) is 6.69. The van der Waals surface area contributed by atoms with Crippen LogP contribution in [0.1, 0.15) is 5.56 Å². The molecule has 2 rings (SSSR count). The van der Waals surface area contributed by atoms with Gasteiger partial charge in [-0.2, -0.15) is 0 Å². The van der Waals surface area contributed by atoms with E-state index in [1.165, 1.54) is 12.1 Å². The maximum absolute atomic E-state index is 12.1. The Morgan fingerprint density at radius 2 is 1.61 bits per heavy atom. The summed E-state index contributed by atoms with van der Waals surface area (Å²) >= 11 is 0.